The van der Waals surface area contributed by atoms with Gasteiger partial charge in [0, 0.05) is 5.56 Å². The van der Waals surface area contributed by atoms with E-state index >= 15 is 0 Å². The fourth-order valence-electron chi connectivity index (χ4n) is 2.48. The van der Waals surface area contributed by atoms with Crippen molar-refractivity contribution in [2.45, 2.75) is 31.1 Å². The summed E-state index contributed by atoms with van der Waals surface area (Å²) in [6.45, 7) is 3.78. The van der Waals surface area contributed by atoms with Gasteiger partial charge in [-0.3, -0.25) is 4.55 Å². The molecule has 0 saturated heterocycles. The summed E-state index contributed by atoms with van der Waals surface area (Å²) < 4.78 is 32.6. The number of nitrogens with zero attached hydrogens (tertiary/aromatic N) is 3. The Morgan fingerprint density at radius 2 is 1.76 bits per heavy atom. The number of aromatic hydroxyl groups is 1. The SMILES string of the molecule is CCC(C)c1cc(S(=O)(=O)O)cc(-n2nc3ccccc3n2)c1O.[H-].[Na+]. The van der Waals surface area contributed by atoms with Crippen LogP contribution in [0.25, 0.3) is 16.7 Å². The third-order valence-corrected chi connectivity index (χ3v) is 4.87. The van der Waals surface area contributed by atoms with Crippen LogP contribution in [-0.4, -0.2) is 33.1 Å². The van der Waals surface area contributed by atoms with Gasteiger partial charge in [0.15, 0.2) is 0 Å². The summed E-state index contributed by atoms with van der Waals surface area (Å²) in [5.74, 6) is -0.201. The smallest absolute Gasteiger partial charge is 1.00 e. The summed E-state index contributed by atoms with van der Waals surface area (Å²) in [6, 6.07) is 9.58. The first kappa shape index (κ1) is 19.9. The van der Waals surface area contributed by atoms with E-state index in [2.05, 4.69) is 10.2 Å². The predicted molar refractivity (Wildman–Crippen MR) is 90.2 cm³/mol. The van der Waals surface area contributed by atoms with Crippen LogP contribution < -0.4 is 29.6 Å². The van der Waals surface area contributed by atoms with Gasteiger partial charge in [0.05, 0.1) is 4.90 Å². The molecule has 0 saturated carbocycles. The Morgan fingerprint density at radius 1 is 1.20 bits per heavy atom. The Hall–Kier alpha value is -1.45. The van der Waals surface area contributed by atoms with Gasteiger partial charge in [-0.15, -0.1) is 15.0 Å². The molecular weight excluding hydrogens is 353 g/mol. The number of fused-ring (bicyclic) bond motifs is 1. The van der Waals surface area contributed by atoms with Crippen LogP contribution in [0.1, 0.15) is 33.2 Å². The van der Waals surface area contributed by atoms with E-state index in [1.54, 1.807) is 24.3 Å². The van der Waals surface area contributed by atoms with Gasteiger partial charge in [-0.05, 0) is 36.6 Å². The van der Waals surface area contributed by atoms with Gasteiger partial charge in [-0.25, -0.2) is 0 Å². The van der Waals surface area contributed by atoms with Crippen molar-refractivity contribution in [2.75, 3.05) is 0 Å². The number of rotatable bonds is 4. The molecule has 25 heavy (non-hydrogen) atoms. The van der Waals surface area contributed by atoms with E-state index < -0.39 is 10.1 Å². The maximum atomic E-state index is 11.6. The van der Waals surface area contributed by atoms with Crippen LogP contribution in [0.5, 0.6) is 5.75 Å². The van der Waals surface area contributed by atoms with Gasteiger partial charge in [0.1, 0.15) is 22.5 Å². The van der Waals surface area contributed by atoms with Crippen molar-refractivity contribution in [1.82, 2.24) is 15.0 Å². The average Bonchev–Trinajstić information content (AvgIpc) is 2.97. The van der Waals surface area contributed by atoms with Crippen LogP contribution >= 0.6 is 0 Å². The zero-order chi connectivity index (χ0) is 17.5. The summed E-state index contributed by atoms with van der Waals surface area (Å²) in [5.41, 5.74) is 1.75. The zero-order valence-electron chi connectivity index (χ0n) is 15.2. The van der Waals surface area contributed by atoms with Crippen molar-refractivity contribution in [3.8, 4) is 11.4 Å². The van der Waals surface area contributed by atoms with Crippen molar-refractivity contribution in [3.05, 3.63) is 42.0 Å². The number of phenolic OH excluding ortho intramolecular Hbond substituents is 1. The molecule has 0 aliphatic rings. The quantitative estimate of drug-likeness (QED) is 0.494. The largest absolute Gasteiger partial charge is 1.00 e. The Balaban J connectivity index is 0.00000169. The van der Waals surface area contributed by atoms with E-state index in [1.807, 2.05) is 13.8 Å². The first-order valence-corrected chi connectivity index (χ1v) is 8.92. The summed E-state index contributed by atoms with van der Waals surface area (Å²) in [6.07, 6.45) is 0.691. The van der Waals surface area contributed by atoms with Crippen LogP contribution in [0.4, 0.5) is 0 Å². The fourth-order valence-corrected chi connectivity index (χ4v) is 3.02. The summed E-state index contributed by atoms with van der Waals surface area (Å²) in [5, 5.41) is 19.1. The second-order valence-corrected chi connectivity index (χ2v) is 7.06. The third-order valence-electron chi connectivity index (χ3n) is 4.04. The minimum atomic E-state index is -4.42. The maximum Gasteiger partial charge on any atom is 1.00 e. The first-order valence-electron chi connectivity index (χ1n) is 7.48. The summed E-state index contributed by atoms with van der Waals surface area (Å²) in [7, 11) is -4.42. The van der Waals surface area contributed by atoms with Crippen LogP contribution in [0.3, 0.4) is 0 Å². The normalized spacial score (nSPS) is 12.8. The minimum Gasteiger partial charge on any atom is -1.00 e. The van der Waals surface area contributed by atoms with E-state index in [1.165, 1.54) is 10.9 Å². The van der Waals surface area contributed by atoms with Crippen molar-refractivity contribution in [3.63, 3.8) is 0 Å². The van der Waals surface area contributed by atoms with Crippen molar-refractivity contribution in [1.29, 1.82) is 0 Å². The van der Waals surface area contributed by atoms with Crippen LogP contribution in [0.15, 0.2) is 41.3 Å². The summed E-state index contributed by atoms with van der Waals surface area (Å²) in [4.78, 5) is 0.882. The van der Waals surface area contributed by atoms with Crippen LogP contribution in [-0.2, 0) is 10.1 Å². The molecule has 0 amide bonds. The second kappa shape index (κ2) is 7.43. The second-order valence-electron chi connectivity index (χ2n) is 5.64. The molecule has 2 N–H and O–H groups in total. The minimum absolute atomic E-state index is 0. The Labute approximate surface area is 169 Å². The van der Waals surface area contributed by atoms with Crippen molar-refractivity contribution < 1.29 is 49.1 Å². The molecule has 3 aromatic rings. The number of hydrogen-bond acceptors (Lipinski definition) is 5. The Kier molecular flexibility index (Phi) is 5.90. The van der Waals surface area contributed by atoms with Crippen molar-refractivity contribution in [2.24, 2.45) is 0 Å². The van der Waals surface area contributed by atoms with Gasteiger partial charge in [-0.1, -0.05) is 26.0 Å². The van der Waals surface area contributed by atoms with Gasteiger partial charge in [0.2, 0.25) is 0 Å². The number of phenols is 1. The molecule has 0 fully saturated rings. The molecule has 7 nitrogen and oxygen atoms in total. The topological polar surface area (TPSA) is 105 Å². The third kappa shape index (κ3) is 3.88. The number of hydrogen-bond donors (Lipinski definition) is 2. The van der Waals surface area contributed by atoms with Crippen molar-refractivity contribution >= 4 is 21.2 Å². The monoisotopic (exact) mass is 371 g/mol. The molecule has 1 unspecified atom stereocenters. The Morgan fingerprint density at radius 3 is 2.24 bits per heavy atom. The number of benzene rings is 2. The van der Waals surface area contributed by atoms with Gasteiger partial charge < -0.3 is 6.53 Å². The Bertz CT molecular complexity index is 991. The van der Waals surface area contributed by atoms with Gasteiger partial charge >= 0.3 is 29.6 Å². The zero-order valence-corrected chi connectivity index (χ0v) is 17.0. The first-order chi connectivity index (χ1) is 11.3. The molecule has 0 aliphatic heterocycles. The fraction of sp³-hybridized carbons (Fsp3) is 0.250. The van der Waals surface area contributed by atoms with Gasteiger partial charge in [-0.2, -0.15) is 8.42 Å². The molecule has 0 bridgehead atoms. The molecule has 0 aliphatic carbocycles. The molecule has 1 heterocycles. The van der Waals surface area contributed by atoms with E-state index in [0.29, 0.717) is 23.0 Å². The molecule has 0 spiro atoms. The van der Waals surface area contributed by atoms with E-state index in [-0.39, 0.29) is 53.2 Å². The van der Waals surface area contributed by atoms with Crippen LogP contribution in [0.2, 0.25) is 0 Å². The summed E-state index contributed by atoms with van der Waals surface area (Å²) >= 11 is 0. The maximum absolute atomic E-state index is 11.6. The van der Waals surface area contributed by atoms with E-state index in [9.17, 15) is 18.1 Å². The predicted octanol–water partition coefficient (Wildman–Crippen LogP) is 0.00280. The van der Waals surface area contributed by atoms with Gasteiger partial charge in [0.25, 0.3) is 10.1 Å². The molecule has 128 valence electrons. The standard InChI is InChI=1S/C16H17N3O4S.Na.H/c1-3-10(2)12-8-11(24(21,22)23)9-15(16(12)20)19-17-13-6-4-5-7-14(13)18-19;;/h4-10,20H,3H2,1-2H3,(H,21,22,23);;/q;+1;-1. The molecule has 0 radical (unpaired) electrons. The van der Waals surface area contributed by atoms with E-state index in [0.717, 1.165) is 6.07 Å². The molecule has 1 atom stereocenters. The number of aromatic nitrogens is 3. The molecule has 3 rings (SSSR count). The molecule has 9 heteroatoms. The molecular formula is C16H18N3NaO4S. The molecule has 2 aromatic carbocycles. The molecule has 1 aromatic heterocycles. The van der Waals surface area contributed by atoms with E-state index in [4.69, 9.17) is 0 Å². The average molecular weight is 371 g/mol. The van der Waals surface area contributed by atoms with Crippen LogP contribution in [0, 0.1) is 0 Å².